The van der Waals surface area contributed by atoms with Gasteiger partial charge in [-0.3, -0.25) is 14.7 Å². The van der Waals surface area contributed by atoms with Crippen molar-refractivity contribution in [2.45, 2.75) is 0 Å². The molecule has 3 aromatic carbocycles. The number of rotatable bonds is 3. The van der Waals surface area contributed by atoms with Crippen LogP contribution in [-0.2, 0) is 0 Å². The third-order valence-corrected chi connectivity index (χ3v) is 4.64. The Balaban J connectivity index is 1.58. The number of hydrogen-bond acceptors (Lipinski definition) is 2. The summed E-state index contributed by atoms with van der Waals surface area (Å²) < 4.78 is 0. The van der Waals surface area contributed by atoms with Gasteiger partial charge < -0.3 is 0 Å². The third kappa shape index (κ3) is 3.26. The van der Waals surface area contributed by atoms with E-state index < -0.39 is 0 Å². The van der Waals surface area contributed by atoms with E-state index in [1.54, 1.807) is 4.90 Å². The molecule has 0 saturated carbocycles. The van der Waals surface area contributed by atoms with Crippen LogP contribution in [0.15, 0.2) is 83.9 Å². The first-order valence-electron chi connectivity index (χ1n) is 8.50. The molecule has 4 heteroatoms. The minimum absolute atomic E-state index is 0.0409. The van der Waals surface area contributed by atoms with Crippen molar-refractivity contribution in [1.29, 1.82) is 0 Å². The zero-order chi connectivity index (χ0) is 17.9. The molecule has 0 bridgehead atoms. The number of hydrogen-bond donors (Lipinski definition) is 0. The molecule has 0 unspecified atom stereocenters. The summed E-state index contributed by atoms with van der Waals surface area (Å²) in [6.07, 6.45) is 0. The molecule has 3 nitrogen and oxygen atoms in total. The lowest BCUT2D eigenvalue weighted by molar-refractivity contribution is 0.0858. The van der Waals surface area contributed by atoms with Gasteiger partial charge in [-0.05, 0) is 35.4 Å². The lowest BCUT2D eigenvalue weighted by Crippen LogP contribution is -2.34. The molecule has 0 aromatic heterocycles. The highest BCUT2D eigenvalue weighted by Crippen LogP contribution is 2.22. The Morgan fingerprint density at radius 2 is 1.54 bits per heavy atom. The van der Waals surface area contributed by atoms with Crippen molar-refractivity contribution in [2.24, 2.45) is 4.99 Å². The van der Waals surface area contributed by atoms with Crippen LogP contribution < -0.4 is 0 Å². The van der Waals surface area contributed by atoms with E-state index in [1.807, 2.05) is 66.7 Å². The monoisotopic (exact) mass is 360 g/mol. The first-order chi connectivity index (χ1) is 12.7. The van der Waals surface area contributed by atoms with E-state index in [9.17, 15) is 4.79 Å². The van der Waals surface area contributed by atoms with E-state index in [0.29, 0.717) is 29.5 Å². The summed E-state index contributed by atoms with van der Waals surface area (Å²) >= 11 is 6.08. The zero-order valence-corrected chi connectivity index (χ0v) is 14.9. The van der Waals surface area contributed by atoms with Crippen LogP contribution in [0.25, 0.3) is 11.1 Å². The van der Waals surface area contributed by atoms with Gasteiger partial charge in [0.2, 0.25) is 0 Å². The molecule has 1 aliphatic rings. The van der Waals surface area contributed by atoms with E-state index in [1.165, 1.54) is 0 Å². The van der Waals surface area contributed by atoms with Crippen LogP contribution in [0.2, 0.25) is 5.02 Å². The summed E-state index contributed by atoms with van der Waals surface area (Å²) in [5.41, 5.74) is 3.74. The molecule has 1 aliphatic heterocycles. The number of carbonyl (C=O) groups is 1. The van der Waals surface area contributed by atoms with Crippen molar-refractivity contribution >= 4 is 23.3 Å². The van der Waals surface area contributed by atoms with Gasteiger partial charge in [-0.25, -0.2) is 0 Å². The highest BCUT2D eigenvalue weighted by molar-refractivity contribution is 6.31. The highest BCUT2D eigenvalue weighted by Gasteiger charge is 2.25. The topological polar surface area (TPSA) is 32.7 Å². The average Bonchev–Trinajstić information content (AvgIpc) is 3.18. The summed E-state index contributed by atoms with van der Waals surface area (Å²) in [6.45, 7) is 1.19. The number of aliphatic imine (C=N–C) groups is 1. The molecule has 1 amide bonds. The van der Waals surface area contributed by atoms with Gasteiger partial charge in [-0.15, -0.1) is 0 Å². The molecule has 0 spiro atoms. The van der Waals surface area contributed by atoms with E-state index in [-0.39, 0.29) is 5.91 Å². The van der Waals surface area contributed by atoms with Gasteiger partial charge >= 0.3 is 0 Å². The molecule has 0 saturated heterocycles. The Morgan fingerprint density at radius 3 is 2.27 bits per heavy atom. The fraction of sp³-hybridized carbons (Fsp3) is 0.0909. The largest absolute Gasteiger partial charge is 0.291 e. The van der Waals surface area contributed by atoms with Crippen molar-refractivity contribution < 1.29 is 4.79 Å². The summed E-state index contributed by atoms with van der Waals surface area (Å²) in [6, 6.07) is 25.3. The maximum Gasteiger partial charge on any atom is 0.259 e. The predicted octanol–water partition coefficient (Wildman–Crippen LogP) is 4.91. The maximum atomic E-state index is 13.0. The van der Waals surface area contributed by atoms with Gasteiger partial charge in [-0.2, -0.15) is 0 Å². The van der Waals surface area contributed by atoms with Crippen LogP contribution in [-0.4, -0.2) is 29.7 Å². The maximum absolute atomic E-state index is 13.0. The summed E-state index contributed by atoms with van der Waals surface area (Å²) in [7, 11) is 0. The minimum atomic E-state index is -0.0409. The number of benzene rings is 3. The van der Waals surface area contributed by atoms with Crippen molar-refractivity contribution in [3.05, 3.63) is 95.0 Å². The van der Waals surface area contributed by atoms with Gasteiger partial charge in [0, 0.05) is 22.7 Å². The molecule has 26 heavy (non-hydrogen) atoms. The van der Waals surface area contributed by atoms with Crippen LogP contribution in [0.5, 0.6) is 0 Å². The number of nitrogens with zero attached hydrogens (tertiary/aromatic N) is 2. The lowest BCUT2D eigenvalue weighted by Gasteiger charge is -2.19. The quantitative estimate of drug-likeness (QED) is 0.653. The normalized spacial score (nSPS) is 13.6. The van der Waals surface area contributed by atoms with Gasteiger partial charge in [0.15, 0.2) is 0 Å². The Hall–Kier alpha value is -2.91. The van der Waals surface area contributed by atoms with Crippen molar-refractivity contribution in [1.82, 2.24) is 4.90 Å². The van der Waals surface area contributed by atoms with Gasteiger partial charge in [0.05, 0.1) is 6.54 Å². The molecule has 0 fully saturated rings. The fourth-order valence-electron chi connectivity index (χ4n) is 3.11. The standard InChI is InChI=1S/C22H17ClN2O/c23-20-8-4-7-19(15-20)21-24-13-14-25(21)22(26)18-11-9-17(10-12-18)16-5-2-1-3-6-16/h1-12,15H,13-14H2. The predicted molar refractivity (Wildman–Crippen MR) is 106 cm³/mol. The van der Waals surface area contributed by atoms with E-state index in [4.69, 9.17) is 11.6 Å². The van der Waals surface area contributed by atoms with E-state index in [2.05, 4.69) is 17.1 Å². The van der Waals surface area contributed by atoms with Gasteiger partial charge in [-0.1, -0.05) is 66.2 Å². The van der Waals surface area contributed by atoms with Crippen molar-refractivity contribution in [3.63, 3.8) is 0 Å². The van der Waals surface area contributed by atoms with E-state index in [0.717, 1.165) is 16.7 Å². The molecule has 4 rings (SSSR count). The van der Waals surface area contributed by atoms with Crippen molar-refractivity contribution in [3.8, 4) is 11.1 Å². The van der Waals surface area contributed by atoms with Crippen LogP contribution >= 0.6 is 11.6 Å². The Bertz CT molecular complexity index is 965. The highest BCUT2D eigenvalue weighted by atomic mass is 35.5. The molecular weight excluding hydrogens is 344 g/mol. The summed E-state index contributed by atoms with van der Waals surface area (Å²) in [5, 5.41) is 0.636. The minimum Gasteiger partial charge on any atom is -0.291 e. The number of amides is 1. The summed E-state index contributed by atoms with van der Waals surface area (Å²) in [4.78, 5) is 19.2. The molecule has 0 aliphatic carbocycles. The molecule has 0 radical (unpaired) electrons. The SMILES string of the molecule is O=C(c1ccc(-c2ccccc2)cc1)N1CCN=C1c1cccc(Cl)c1. The van der Waals surface area contributed by atoms with Gasteiger partial charge in [0.25, 0.3) is 5.91 Å². The van der Waals surface area contributed by atoms with E-state index >= 15 is 0 Å². The van der Waals surface area contributed by atoms with Crippen molar-refractivity contribution in [2.75, 3.05) is 13.1 Å². The molecule has 1 heterocycles. The van der Waals surface area contributed by atoms with Gasteiger partial charge in [0.1, 0.15) is 5.84 Å². The number of carbonyl (C=O) groups excluding carboxylic acids is 1. The Labute approximate surface area is 157 Å². The number of amidine groups is 1. The first kappa shape index (κ1) is 16.6. The molecule has 128 valence electrons. The van der Waals surface area contributed by atoms with Crippen LogP contribution in [0, 0.1) is 0 Å². The fourth-order valence-corrected chi connectivity index (χ4v) is 3.30. The second-order valence-corrected chi connectivity index (χ2v) is 6.55. The third-order valence-electron chi connectivity index (χ3n) is 4.41. The smallest absolute Gasteiger partial charge is 0.259 e. The second kappa shape index (κ2) is 7.14. The summed E-state index contributed by atoms with van der Waals surface area (Å²) in [5.74, 6) is 0.644. The molecular formula is C22H17ClN2O. The van der Waals surface area contributed by atoms with Crippen LogP contribution in [0.1, 0.15) is 15.9 Å². The number of halogens is 1. The van der Waals surface area contributed by atoms with Crippen LogP contribution in [0.4, 0.5) is 0 Å². The zero-order valence-electron chi connectivity index (χ0n) is 14.1. The Kier molecular flexibility index (Phi) is 4.55. The molecule has 0 N–H and O–H groups in total. The molecule has 3 aromatic rings. The first-order valence-corrected chi connectivity index (χ1v) is 8.88. The molecule has 0 atom stereocenters. The van der Waals surface area contributed by atoms with Crippen LogP contribution in [0.3, 0.4) is 0 Å². The average molecular weight is 361 g/mol. The Morgan fingerprint density at radius 1 is 0.846 bits per heavy atom. The lowest BCUT2D eigenvalue weighted by atomic mass is 10.0. The second-order valence-electron chi connectivity index (χ2n) is 6.12.